The van der Waals surface area contributed by atoms with Gasteiger partial charge in [-0.05, 0) is 26.2 Å². The van der Waals surface area contributed by atoms with Crippen molar-refractivity contribution >= 4 is 5.91 Å². The number of hydrogen-bond acceptors (Lipinski definition) is 2. The molecule has 80 valence electrons. The highest BCUT2D eigenvalue weighted by Gasteiger charge is 2.18. The van der Waals surface area contributed by atoms with Crippen molar-refractivity contribution in [3.8, 4) is 0 Å². The van der Waals surface area contributed by atoms with Gasteiger partial charge in [0.25, 0.3) is 0 Å². The summed E-state index contributed by atoms with van der Waals surface area (Å²) in [5.41, 5.74) is 0. The van der Waals surface area contributed by atoms with Crippen molar-refractivity contribution in [3.63, 3.8) is 0 Å². The fourth-order valence-corrected chi connectivity index (χ4v) is 1.76. The van der Waals surface area contributed by atoms with Gasteiger partial charge in [-0.15, -0.1) is 0 Å². The zero-order chi connectivity index (χ0) is 10.6. The van der Waals surface area contributed by atoms with E-state index in [4.69, 9.17) is 0 Å². The number of carbonyl (C=O) groups excluding carboxylic acids is 1. The summed E-state index contributed by atoms with van der Waals surface area (Å²) in [6, 6.07) is 0.403. The average Bonchev–Trinajstić information content (AvgIpc) is 2.18. The molecule has 1 amide bonds. The Kier molecular flexibility index (Phi) is 4.14. The van der Waals surface area contributed by atoms with Gasteiger partial charge in [0, 0.05) is 20.1 Å². The van der Waals surface area contributed by atoms with Gasteiger partial charge >= 0.3 is 0 Å². The number of hydrogen-bond donors (Lipinski definition) is 1. The molecule has 0 saturated carbocycles. The van der Waals surface area contributed by atoms with Gasteiger partial charge in [0.2, 0.25) is 5.91 Å². The maximum Gasteiger partial charge on any atom is 0.238 e. The van der Waals surface area contributed by atoms with Gasteiger partial charge < -0.3 is 10.2 Å². The third-order valence-electron chi connectivity index (χ3n) is 2.57. The van der Waals surface area contributed by atoms with Gasteiger partial charge in [-0.25, -0.2) is 0 Å². The third kappa shape index (κ3) is 3.14. The fraction of sp³-hybridized carbons (Fsp3) is 0.727. The number of amides is 1. The first-order valence-electron chi connectivity index (χ1n) is 5.23. The van der Waals surface area contributed by atoms with Crippen molar-refractivity contribution in [3.05, 3.63) is 12.2 Å². The van der Waals surface area contributed by atoms with Crippen molar-refractivity contribution in [1.82, 2.24) is 10.2 Å². The van der Waals surface area contributed by atoms with Crippen LogP contribution >= 0.6 is 0 Å². The SMILES string of the molecule is CC(NC1CC=CCC1)C(=O)N(C)C. The Morgan fingerprint density at radius 1 is 1.50 bits per heavy atom. The molecule has 0 aromatic carbocycles. The zero-order valence-electron chi connectivity index (χ0n) is 9.29. The van der Waals surface area contributed by atoms with Crippen LogP contribution in [-0.2, 0) is 4.79 Å². The Morgan fingerprint density at radius 3 is 2.71 bits per heavy atom. The summed E-state index contributed by atoms with van der Waals surface area (Å²) in [7, 11) is 3.59. The molecular weight excluding hydrogens is 176 g/mol. The lowest BCUT2D eigenvalue weighted by atomic mass is 10.0. The van der Waals surface area contributed by atoms with Crippen molar-refractivity contribution in [2.24, 2.45) is 0 Å². The first kappa shape index (κ1) is 11.2. The normalized spacial score (nSPS) is 23.2. The lowest BCUT2D eigenvalue weighted by Gasteiger charge is -2.25. The predicted octanol–water partition coefficient (Wildman–Crippen LogP) is 1.16. The minimum absolute atomic E-state index is 0.0681. The highest BCUT2D eigenvalue weighted by molar-refractivity contribution is 5.80. The van der Waals surface area contributed by atoms with Gasteiger partial charge in [-0.1, -0.05) is 12.2 Å². The molecule has 0 aromatic heterocycles. The van der Waals surface area contributed by atoms with Crippen LogP contribution in [0.2, 0.25) is 0 Å². The third-order valence-corrected chi connectivity index (χ3v) is 2.57. The number of likely N-dealkylation sites (N-methyl/N-ethyl adjacent to an activating group) is 1. The van der Waals surface area contributed by atoms with Crippen LogP contribution in [0.1, 0.15) is 26.2 Å². The van der Waals surface area contributed by atoms with Crippen molar-refractivity contribution in [2.75, 3.05) is 14.1 Å². The van der Waals surface area contributed by atoms with Crippen LogP contribution in [0, 0.1) is 0 Å². The van der Waals surface area contributed by atoms with Crippen molar-refractivity contribution < 1.29 is 4.79 Å². The molecule has 1 N–H and O–H groups in total. The summed E-state index contributed by atoms with van der Waals surface area (Å²) in [6.07, 6.45) is 7.71. The monoisotopic (exact) mass is 196 g/mol. The molecule has 0 aromatic rings. The highest BCUT2D eigenvalue weighted by atomic mass is 16.2. The molecule has 0 bridgehead atoms. The van der Waals surface area contributed by atoms with Crippen LogP contribution in [0.4, 0.5) is 0 Å². The van der Waals surface area contributed by atoms with Crippen LogP contribution in [-0.4, -0.2) is 37.0 Å². The molecule has 0 radical (unpaired) electrons. The van der Waals surface area contributed by atoms with E-state index in [1.807, 2.05) is 6.92 Å². The molecule has 0 aliphatic heterocycles. The number of rotatable bonds is 3. The molecule has 1 aliphatic rings. The molecule has 14 heavy (non-hydrogen) atoms. The molecule has 0 saturated heterocycles. The maximum absolute atomic E-state index is 11.6. The molecule has 2 unspecified atom stereocenters. The summed E-state index contributed by atoms with van der Waals surface area (Å²) in [5, 5.41) is 3.36. The smallest absolute Gasteiger partial charge is 0.238 e. The van der Waals surface area contributed by atoms with Crippen LogP contribution in [0.5, 0.6) is 0 Å². The Bertz CT molecular complexity index is 223. The second-order valence-electron chi connectivity index (χ2n) is 4.10. The van der Waals surface area contributed by atoms with E-state index in [0.717, 1.165) is 19.3 Å². The molecule has 3 nitrogen and oxygen atoms in total. The number of nitrogens with one attached hydrogen (secondary N) is 1. The lowest BCUT2D eigenvalue weighted by Crippen LogP contribution is -2.46. The lowest BCUT2D eigenvalue weighted by molar-refractivity contribution is -0.130. The van der Waals surface area contributed by atoms with Gasteiger partial charge in [0.05, 0.1) is 6.04 Å². The summed E-state index contributed by atoms with van der Waals surface area (Å²) >= 11 is 0. The first-order chi connectivity index (χ1) is 6.61. The van der Waals surface area contributed by atoms with E-state index in [1.54, 1.807) is 19.0 Å². The molecule has 1 aliphatic carbocycles. The largest absolute Gasteiger partial charge is 0.347 e. The topological polar surface area (TPSA) is 32.3 Å². The Labute approximate surface area is 86.2 Å². The Morgan fingerprint density at radius 2 is 2.21 bits per heavy atom. The Balaban J connectivity index is 2.36. The average molecular weight is 196 g/mol. The second kappa shape index (κ2) is 5.15. The van der Waals surface area contributed by atoms with Crippen LogP contribution in [0.25, 0.3) is 0 Å². The summed E-state index contributed by atoms with van der Waals surface area (Å²) in [4.78, 5) is 13.2. The maximum atomic E-state index is 11.6. The predicted molar refractivity (Wildman–Crippen MR) is 58.1 cm³/mol. The molecule has 2 atom stereocenters. The van der Waals surface area contributed by atoms with Gasteiger partial charge in [0.1, 0.15) is 0 Å². The van der Waals surface area contributed by atoms with Crippen LogP contribution in [0.15, 0.2) is 12.2 Å². The molecule has 3 heteroatoms. The van der Waals surface area contributed by atoms with Crippen molar-refractivity contribution in [2.45, 2.75) is 38.3 Å². The minimum atomic E-state index is -0.0681. The molecule has 1 rings (SSSR count). The highest BCUT2D eigenvalue weighted by Crippen LogP contribution is 2.11. The van der Waals surface area contributed by atoms with E-state index in [-0.39, 0.29) is 11.9 Å². The van der Waals surface area contributed by atoms with E-state index in [2.05, 4.69) is 17.5 Å². The zero-order valence-corrected chi connectivity index (χ0v) is 9.29. The standard InChI is InChI=1S/C11H20N2O/c1-9(11(14)13(2)3)12-10-7-5-4-6-8-10/h4-5,9-10,12H,6-8H2,1-3H3. The summed E-state index contributed by atoms with van der Waals surface area (Å²) in [5.74, 6) is 0.152. The van der Waals surface area contributed by atoms with E-state index in [1.165, 1.54) is 0 Å². The Hall–Kier alpha value is -0.830. The molecule has 0 heterocycles. The van der Waals surface area contributed by atoms with E-state index >= 15 is 0 Å². The van der Waals surface area contributed by atoms with Gasteiger partial charge in [-0.3, -0.25) is 4.79 Å². The second-order valence-corrected chi connectivity index (χ2v) is 4.10. The van der Waals surface area contributed by atoms with E-state index in [9.17, 15) is 4.79 Å². The minimum Gasteiger partial charge on any atom is -0.347 e. The number of allylic oxidation sites excluding steroid dienone is 1. The van der Waals surface area contributed by atoms with Crippen LogP contribution < -0.4 is 5.32 Å². The molecular formula is C11H20N2O. The van der Waals surface area contributed by atoms with Gasteiger partial charge in [0.15, 0.2) is 0 Å². The van der Waals surface area contributed by atoms with Gasteiger partial charge in [-0.2, -0.15) is 0 Å². The fourth-order valence-electron chi connectivity index (χ4n) is 1.76. The molecule has 0 spiro atoms. The van der Waals surface area contributed by atoms with Crippen LogP contribution in [0.3, 0.4) is 0 Å². The van der Waals surface area contributed by atoms with E-state index < -0.39 is 0 Å². The number of nitrogens with zero attached hydrogens (tertiary/aromatic N) is 1. The van der Waals surface area contributed by atoms with E-state index in [0.29, 0.717) is 6.04 Å². The quantitative estimate of drug-likeness (QED) is 0.687. The summed E-state index contributed by atoms with van der Waals surface area (Å²) in [6.45, 7) is 1.93. The number of carbonyl (C=O) groups is 1. The van der Waals surface area contributed by atoms with Crippen molar-refractivity contribution in [1.29, 1.82) is 0 Å². The first-order valence-corrected chi connectivity index (χ1v) is 5.23. The summed E-state index contributed by atoms with van der Waals surface area (Å²) < 4.78 is 0. The molecule has 0 fully saturated rings.